The van der Waals surface area contributed by atoms with Crippen LogP contribution < -0.4 is 5.73 Å². The van der Waals surface area contributed by atoms with Crippen LogP contribution in [-0.4, -0.2) is 29.1 Å². The lowest BCUT2D eigenvalue weighted by atomic mass is 10.2. The Bertz CT molecular complexity index is 544. The van der Waals surface area contributed by atoms with Gasteiger partial charge in [-0.1, -0.05) is 31.5 Å². The van der Waals surface area contributed by atoms with Gasteiger partial charge in [-0.15, -0.1) is 0 Å². The second-order valence-electron chi connectivity index (χ2n) is 4.74. The van der Waals surface area contributed by atoms with E-state index in [1.807, 2.05) is 12.1 Å². The highest BCUT2D eigenvalue weighted by Crippen LogP contribution is 2.24. The summed E-state index contributed by atoms with van der Waals surface area (Å²) in [4.78, 5) is 2.42. The van der Waals surface area contributed by atoms with Crippen LogP contribution in [0.1, 0.15) is 19.4 Å². The van der Waals surface area contributed by atoms with Crippen molar-refractivity contribution in [2.75, 3.05) is 19.6 Å². The molecule has 2 rings (SSSR count). The molecule has 0 atom stereocenters. The lowest BCUT2D eigenvalue weighted by Gasteiger charge is -2.18. The highest BCUT2D eigenvalue weighted by Gasteiger charge is 2.08. The van der Waals surface area contributed by atoms with E-state index < -0.39 is 0 Å². The molecule has 0 bridgehead atoms. The van der Waals surface area contributed by atoms with Gasteiger partial charge in [0.1, 0.15) is 0 Å². The van der Waals surface area contributed by atoms with Crippen LogP contribution in [0.25, 0.3) is 10.9 Å². The Morgan fingerprint density at radius 2 is 2.00 bits per heavy atom. The Balaban J connectivity index is 2.29. The molecule has 1 aromatic carbocycles. The van der Waals surface area contributed by atoms with E-state index in [0.717, 1.165) is 31.2 Å². The van der Waals surface area contributed by atoms with Gasteiger partial charge in [0.2, 0.25) is 0 Å². The van der Waals surface area contributed by atoms with Gasteiger partial charge in [0.05, 0.1) is 0 Å². The maximum atomic E-state index is 6.11. The highest BCUT2D eigenvalue weighted by atomic mass is 35.5. The zero-order valence-electron chi connectivity index (χ0n) is 11.7. The summed E-state index contributed by atoms with van der Waals surface area (Å²) in [6.07, 6.45) is 2.16. The Hall–Kier alpha value is -1.03. The van der Waals surface area contributed by atoms with Crippen molar-refractivity contribution < 1.29 is 0 Å². The van der Waals surface area contributed by atoms with Crippen LogP contribution in [0.3, 0.4) is 0 Å². The summed E-state index contributed by atoms with van der Waals surface area (Å²) in [5, 5.41) is 1.99. The van der Waals surface area contributed by atoms with E-state index in [1.54, 1.807) is 0 Å². The topological polar surface area (TPSA) is 34.2 Å². The van der Waals surface area contributed by atoms with E-state index in [2.05, 4.69) is 35.6 Å². The molecule has 0 fully saturated rings. The van der Waals surface area contributed by atoms with Gasteiger partial charge in [-0.05, 0) is 30.8 Å². The lowest BCUT2D eigenvalue weighted by Crippen LogP contribution is -2.26. The fourth-order valence-corrected chi connectivity index (χ4v) is 2.64. The van der Waals surface area contributed by atoms with E-state index in [-0.39, 0.29) is 0 Å². The van der Waals surface area contributed by atoms with Crippen LogP contribution in [-0.2, 0) is 13.1 Å². The zero-order chi connectivity index (χ0) is 13.8. The Morgan fingerprint density at radius 3 is 2.63 bits per heavy atom. The Labute approximate surface area is 119 Å². The smallest absolute Gasteiger partial charge is 0.0499 e. The van der Waals surface area contributed by atoms with Crippen LogP contribution in [0, 0.1) is 0 Å². The molecule has 0 aliphatic heterocycles. The minimum Gasteiger partial charge on any atom is -0.346 e. The van der Waals surface area contributed by atoms with Gasteiger partial charge in [-0.25, -0.2) is 0 Å². The molecule has 3 nitrogen and oxygen atoms in total. The molecule has 0 amide bonds. The summed E-state index contributed by atoms with van der Waals surface area (Å²) in [7, 11) is 0. The lowest BCUT2D eigenvalue weighted by molar-refractivity contribution is 0.292. The molecule has 4 heteroatoms. The number of aromatic nitrogens is 1. The summed E-state index contributed by atoms with van der Waals surface area (Å²) in [5.41, 5.74) is 8.19. The molecule has 0 unspecified atom stereocenters. The first-order valence-electron chi connectivity index (χ1n) is 6.89. The minimum absolute atomic E-state index is 0.566. The Kier molecular flexibility index (Phi) is 4.86. The van der Waals surface area contributed by atoms with Gasteiger partial charge >= 0.3 is 0 Å². The predicted molar refractivity (Wildman–Crippen MR) is 82.6 cm³/mol. The van der Waals surface area contributed by atoms with Crippen LogP contribution in [0.2, 0.25) is 5.02 Å². The minimum atomic E-state index is 0.566. The number of likely N-dealkylation sites (N-methyl/N-ethyl adjacent to an activating group) is 1. The van der Waals surface area contributed by atoms with Gasteiger partial charge < -0.3 is 15.2 Å². The number of fused-ring (bicyclic) bond motifs is 1. The normalized spacial score (nSPS) is 11.6. The fraction of sp³-hybridized carbons (Fsp3) is 0.467. The molecule has 0 spiro atoms. The maximum Gasteiger partial charge on any atom is 0.0499 e. The first-order chi connectivity index (χ1) is 9.19. The molecular weight excluding hydrogens is 258 g/mol. The summed E-state index contributed by atoms with van der Waals surface area (Å²) in [6, 6.07) is 6.02. The first-order valence-corrected chi connectivity index (χ1v) is 7.27. The molecule has 0 radical (unpaired) electrons. The van der Waals surface area contributed by atoms with Crippen molar-refractivity contribution in [1.29, 1.82) is 0 Å². The SMILES string of the molecule is CCN(CC)CCn1cc(CN)c2ccc(Cl)cc21. The number of benzene rings is 1. The van der Waals surface area contributed by atoms with E-state index >= 15 is 0 Å². The quantitative estimate of drug-likeness (QED) is 0.882. The molecule has 2 aromatic rings. The van der Waals surface area contributed by atoms with Crippen molar-refractivity contribution >= 4 is 22.5 Å². The summed E-state index contributed by atoms with van der Waals surface area (Å²) in [5.74, 6) is 0. The van der Waals surface area contributed by atoms with E-state index in [1.165, 1.54) is 16.5 Å². The first kappa shape index (κ1) is 14.4. The van der Waals surface area contributed by atoms with Crippen LogP contribution in [0.15, 0.2) is 24.4 Å². The number of rotatable bonds is 6. The third kappa shape index (κ3) is 3.11. The number of hydrogen-bond donors (Lipinski definition) is 1. The van der Waals surface area contributed by atoms with Gasteiger partial charge in [-0.2, -0.15) is 0 Å². The second kappa shape index (κ2) is 6.42. The predicted octanol–water partition coefficient (Wildman–Crippen LogP) is 3.10. The van der Waals surface area contributed by atoms with Gasteiger partial charge in [0.15, 0.2) is 0 Å². The third-order valence-electron chi connectivity index (χ3n) is 3.70. The molecule has 0 saturated heterocycles. The van der Waals surface area contributed by atoms with Gasteiger partial charge in [-0.3, -0.25) is 0 Å². The van der Waals surface area contributed by atoms with E-state index in [4.69, 9.17) is 17.3 Å². The van der Waals surface area contributed by atoms with Crippen molar-refractivity contribution in [2.24, 2.45) is 5.73 Å². The average Bonchev–Trinajstić information content (AvgIpc) is 2.77. The average molecular weight is 280 g/mol. The summed E-state index contributed by atoms with van der Waals surface area (Å²) in [6.45, 7) is 9.14. The number of halogens is 1. The van der Waals surface area contributed by atoms with Gasteiger partial charge in [0, 0.05) is 41.8 Å². The monoisotopic (exact) mass is 279 g/mol. The number of nitrogens with zero attached hydrogens (tertiary/aromatic N) is 2. The molecule has 1 heterocycles. The second-order valence-corrected chi connectivity index (χ2v) is 5.18. The van der Waals surface area contributed by atoms with Crippen molar-refractivity contribution in [3.8, 4) is 0 Å². The van der Waals surface area contributed by atoms with Crippen LogP contribution >= 0.6 is 11.6 Å². The van der Waals surface area contributed by atoms with Crippen molar-refractivity contribution in [1.82, 2.24) is 9.47 Å². The molecule has 1 aromatic heterocycles. The zero-order valence-corrected chi connectivity index (χ0v) is 12.5. The Morgan fingerprint density at radius 1 is 1.26 bits per heavy atom. The highest BCUT2D eigenvalue weighted by molar-refractivity contribution is 6.31. The third-order valence-corrected chi connectivity index (χ3v) is 3.93. The summed E-state index contributed by atoms with van der Waals surface area (Å²) < 4.78 is 2.27. The van der Waals surface area contributed by atoms with Gasteiger partial charge in [0.25, 0.3) is 0 Å². The molecule has 19 heavy (non-hydrogen) atoms. The molecule has 0 saturated carbocycles. The van der Waals surface area contributed by atoms with Crippen molar-refractivity contribution in [3.63, 3.8) is 0 Å². The molecular formula is C15H22ClN3. The maximum absolute atomic E-state index is 6.11. The van der Waals surface area contributed by atoms with E-state index in [0.29, 0.717) is 6.54 Å². The fourth-order valence-electron chi connectivity index (χ4n) is 2.48. The van der Waals surface area contributed by atoms with Crippen molar-refractivity contribution in [3.05, 3.63) is 35.0 Å². The number of nitrogens with two attached hydrogens (primary N) is 1. The molecule has 0 aliphatic carbocycles. The number of hydrogen-bond acceptors (Lipinski definition) is 2. The summed E-state index contributed by atoms with van der Waals surface area (Å²) >= 11 is 6.11. The van der Waals surface area contributed by atoms with Crippen molar-refractivity contribution in [2.45, 2.75) is 26.9 Å². The van der Waals surface area contributed by atoms with E-state index in [9.17, 15) is 0 Å². The largest absolute Gasteiger partial charge is 0.346 e. The molecule has 0 aliphatic rings. The van der Waals surface area contributed by atoms with Crippen LogP contribution in [0.5, 0.6) is 0 Å². The molecule has 104 valence electrons. The standard InChI is InChI=1S/C15H22ClN3/c1-3-18(4-2)7-8-19-11-12(10-17)14-6-5-13(16)9-15(14)19/h5-6,9,11H,3-4,7-8,10,17H2,1-2H3. The molecule has 2 N–H and O–H groups in total. The van der Waals surface area contributed by atoms with Crippen LogP contribution in [0.4, 0.5) is 0 Å².